The first kappa shape index (κ1) is 16.9. The summed E-state index contributed by atoms with van der Waals surface area (Å²) in [5.41, 5.74) is 0.382. The van der Waals surface area contributed by atoms with Crippen LogP contribution in [0.25, 0.3) is 0 Å². The van der Waals surface area contributed by atoms with Crippen molar-refractivity contribution in [3.8, 4) is 0 Å². The quantitative estimate of drug-likeness (QED) is 0.759. The number of ether oxygens (including phenoxy) is 1. The molecule has 0 saturated carbocycles. The molecule has 0 amide bonds. The highest BCUT2D eigenvalue weighted by Crippen LogP contribution is 2.33. The third kappa shape index (κ3) is 8.56. The fraction of sp³-hybridized carbons (Fsp3) is 0.929. The summed E-state index contributed by atoms with van der Waals surface area (Å²) in [4.78, 5) is 0. The predicted octanol–water partition coefficient (Wildman–Crippen LogP) is 3.79. The molecular formula is C14H29NOS. The Morgan fingerprint density at radius 2 is 1.71 bits per heavy atom. The van der Waals surface area contributed by atoms with Gasteiger partial charge in [-0.3, -0.25) is 0 Å². The Balaban J connectivity index is 4.46. The highest BCUT2D eigenvalue weighted by atomic mass is 32.1. The van der Waals surface area contributed by atoms with E-state index in [0.717, 1.165) is 24.4 Å². The molecule has 0 bridgehead atoms. The molecule has 0 radical (unpaired) electrons. The standard InChI is InChI=1S/C14H29NOS/c1-13(2,3)10-11(14(4,5)6)16-12(17)8-9-15-7/h11,15H,8-10H2,1-7H3. The van der Waals surface area contributed by atoms with E-state index in [1.165, 1.54) is 0 Å². The monoisotopic (exact) mass is 259 g/mol. The van der Waals surface area contributed by atoms with E-state index in [4.69, 9.17) is 17.0 Å². The molecule has 1 unspecified atom stereocenters. The molecule has 102 valence electrons. The van der Waals surface area contributed by atoms with Crippen LogP contribution in [0, 0.1) is 10.8 Å². The van der Waals surface area contributed by atoms with E-state index >= 15 is 0 Å². The van der Waals surface area contributed by atoms with E-state index in [9.17, 15) is 0 Å². The second-order valence-corrected chi connectivity index (χ2v) is 7.42. The maximum absolute atomic E-state index is 5.98. The van der Waals surface area contributed by atoms with Gasteiger partial charge in [0.25, 0.3) is 0 Å². The van der Waals surface area contributed by atoms with Crippen molar-refractivity contribution >= 4 is 17.3 Å². The fourth-order valence-corrected chi connectivity index (χ4v) is 1.74. The Hall–Kier alpha value is -0.150. The van der Waals surface area contributed by atoms with Crippen LogP contribution >= 0.6 is 12.2 Å². The third-order valence-corrected chi connectivity index (χ3v) is 2.92. The number of nitrogens with one attached hydrogen (secondary N) is 1. The lowest BCUT2D eigenvalue weighted by Gasteiger charge is -2.35. The van der Waals surface area contributed by atoms with Crippen LogP contribution in [0.15, 0.2) is 0 Å². The van der Waals surface area contributed by atoms with E-state index in [0.29, 0.717) is 0 Å². The molecule has 0 heterocycles. The zero-order chi connectivity index (χ0) is 13.7. The van der Waals surface area contributed by atoms with Crippen molar-refractivity contribution in [3.63, 3.8) is 0 Å². The minimum absolute atomic E-state index is 0.122. The molecule has 2 nitrogen and oxygen atoms in total. The molecule has 0 aliphatic heterocycles. The Bertz CT molecular complexity index is 238. The van der Waals surface area contributed by atoms with Gasteiger partial charge in [0, 0.05) is 13.0 Å². The molecular weight excluding hydrogens is 230 g/mol. The van der Waals surface area contributed by atoms with Gasteiger partial charge in [-0.2, -0.15) is 0 Å². The number of hydrogen-bond donors (Lipinski definition) is 1. The zero-order valence-electron chi connectivity index (χ0n) is 12.5. The Morgan fingerprint density at radius 3 is 2.06 bits per heavy atom. The molecule has 0 aliphatic carbocycles. The lowest BCUT2D eigenvalue weighted by molar-refractivity contribution is 0.0404. The average molecular weight is 259 g/mol. The molecule has 0 fully saturated rings. The Kier molecular flexibility index (Phi) is 6.64. The molecule has 0 aromatic heterocycles. The highest BCUT2D eigenvalue weighted by molar-refractivity contribution is 7.80. The summed E-state index contributed by atoms with van der Waals surface area (Å²) in [5.74, 6) is 0. The van der Waals surface area contributed by atoms with Gasteiger partial charge in [0.1, 0.15) is 6.10 Å². The predicted molar refractivity (Wildman–Crippen MR) is 79.5 cm³/mol. The molecule has 17 heavy (non-hydrogen) atoms. The minimum atomic E-state index is 0.122. The van der Waals surface area contributed by atoms with Gasteiger partial charge in [0.2, 0.25) is 0 Å². The lowest BCUT2D eigenvalue weighted by Crippen LogP contribution is -2.35. The first-order chi connectivity index (χ1) is 7.56. The SMILES string of the molecule is CNCCC(=S)OC(CC(C)(C)C)C(C)(C)C. The van der Waals surface area contributed by atoms with Gasteiger partial charge < -0.3 is 10.1 Å². The van der Waals surface area contributed by atoms with Gasteiger partial charge >= 0.3 is 0 Å². The van der Waals surface area contributed by atoms with Crippen molar-refractivity contribution in [1.29, 1.82) is 0 Å². The Morgan fingerprint density at radius 1 is 1.18 bits per heavy atom. The minimum Gasteiger partial charge on any atom is -0.483 e. The number of rotatable bonds is 5. The van der Waals surface area contributed by atoms with Gasteiger partial charge in [-0.15, -0.1) is 0 Å². The van der Waals surface area contributed by atoms with E-state index in [1.54, 1.807) is 0 Å². The van der Waals surface area contributed by atoms with Gasteiger partial charge in [-0.25, -0.2) is 0 Å². The molecule has 0 aliphatic rings. The summed E-state index contributed by atoms with van der Waals surface area (Å²) in [6, 6.07) is 0. The smallest absolute Gasteiger partial charge is 0.161 e. The molecule has 1 N–H and O–H groups in total. The zero-order valence-corrected chi connectivity index (χ0v) is 13.3. The third-order valence-electron chi connectivity index (χ3n) is 2.62. The van der Waals surface area contributed by atoms with Crippen molar-refractivity contribution in [3.05, 3.63) is 0 Å². The van der Waals surface area contributed by atoms with E-state index in [1.807, 2.05) is 7.05 Å². The number of thiocarbonyl (C=S) groups is 1. The summed E-state index contributed by atoms with van der Waals surface area (Å²) in [6.07, 6.45) is 2.02. The second kappa shape index (κ2) is 6.69. The van der Waals surface area contributed by atoms with Gasteiger partial charge in [-0.1, -0.05) is 41.5 Å². The molecule has 0 rings (SSSR count). The first-order valence-corrected chi connectivity index (χ1v) is 6.81. The summed E-state index contributed by atoms with van der Waals surface area (Å²) in [5, 5.41) is 3.82. The Labute approximate surface area is 113 Å². The van der Waals surface area contributed by atoms with Crippen LogP contribution in [0.3, 0.4) is 0 Å². The van der Waals surface area contributed by atoms with Crippen molar-refractivity contribution in [2.75, 3.05) is 13.6 Å². The molecule has 0 aromatic rings. The van der Waals surface area contributed by atoms with E-state index in [-0.39, 0.29) is 16.9 Å². The van der Waals surface area contributed by atoms with Crippen LogP contribution < -0.4 is 5.32 Å². The molecule has 0 aromatic carbocycles. The van der Waals surface area contributed by atoms with Crippen LogP contribution in [0.5, 0.6) is 0 Å². The lowest BCUT2D eigenvalue weighted by atomic mass is 9.78. The van der Waals surface area contributed by atoms with Crippen molar-refractivity contribution < 1.29 is 4.74 Å². The molecule has 3 heteroatoms. The molecule has 1 atom stereocenters. The number of hydrogen-bond acceptors (Lipinski definition) is 3. The van der Waals surface area contributed by atoms with Crippen LogP contribution in [0.2, 0.25) is 0 Å². The van der Waals surface area contributed by atoms with Crippen LogP contribution in [0.4, 0.5) is 0 Å². The molecule has 0 saturated heterocycles. The average Bonchev–Trinajstić information content (AvgIpc) is 2.10. The summed E-state index contributed by atoms with van der Waals surface area (Å²) < 4.78 is 5.98. The van der Waals surface area contributed by atoms with Crippen molar-refractivity contribution in [2.45, 2.75) is 60.5 Å². The highest BCUT2D eigenvalue weighted by Gasteiger charge is 2.31. The van der Waals surface area contributed by atoms with Gasteiger partial charge in [-0.05, 0) is 36.5 Å². The van der Waals surface area contributed by atoms with Crippen LogP contribution in [0.1, 0.15) is 54.4 Å². The first-order valence-electron chi connectivity index (χ1n) is 6.40. The topological polar surface area (TPSA) is 21.3 Å². The second-order valence-electron chi connectivity index (χ2n) is 6.96. The summed E-state index contributed by atoms with van der Waals surface area (Å²) in [6.45, 7) is 14.2. The fourth-order valence-electron chi connectivity index (χ4n) is 1.53. The van der Waals surface area contributed by atoms with Gasteiger partial charge in [0.05, 0.1) is 0 Å². The maximum Gasteiger partial charge on any atom is 0.161 e. The van der Waals surface area contributed by atoms with Crippen molar-refractivity contribution in [2.24, 2.45) is 10.8 Å². The largest absolute Gasteiger partial charge is 0.483 e. The maximum atomic E-state index is 5.98. The van der Waals surface area contributed by atoms with Crippen LogP contribution in [-0.4, -0.2) is 24.7 Å². The summed E-state index contributed by atoms with van der Waals surface area (Å²) >= 11 is 5.29. The van der Waals surface area contributed by atoms with E-state index < -0.39 is 0 Å². The van der Waals surface area contributed by atoms with Crippen LogP contribution in [-0.2, 0) is 4.74 Å². The van der Waals surface area contributed by atoms with Gasteiger partial charge in [0.15, 0.2) is 5.05 Å². The van der Waals surface area contributed by atoms with Crippen molar-refractivity contribution in [1.82, 2.24) is 5.32 Å². The summed E-state index contributed by atoms with van der Waals surface area (Å²) in [7, 11) is 1.93. The van der Waals surface area contributed by atoms with E-state index in [2.05, 4.69) is 46.9 Å². The normalized spacial score (nSPS) is 14.5. The molecule has 0 spiro atoms.